The zero-order chi connectivity index (χ0) is 10.7. The van der Waals surface area contributed by atoms with Crippen molar-refractivity contribution >= 4 is 11.6 Å². The minimum atomic E-state index is 0.470. The van der Waals surface area contributed by atoms with Crippen molar-refractivity contribution in [2.75, 3.05) is 6.54 Å². The standard InChI is InChI=1S/C12H18ClN/c1-8-4-5-11(6-12(8)13)10(3)9(2)7-14/h4-6,9-10H,7,14H2,1-3H3. The smallest absolute Gasteiger partial charge is 0.0438 e. The van der Waals surface area contributed by atoms with Crippen LogP contribution < -0.4 is 5.73 Å². The van der Waals surface area contributed by atoms with E-state index in [1.165, 1.54) is 5.56 Å². The molecule has 0 aromatic heterocycles. The van der Waals surface area contributed by atoms with Crippen molar-refractivity contribution in [3.05, 3.63) is 34.3 Å². The summed E-state index contributed by atoms with van der Waals surface area (Å²) in [7, 11) is 0. The van der Waals surface area contributed by atoms with Gasteiger partial charge < -0.3 is 5.73 Å². The first-order valence-corrected chi connectivity index (χ1v) is 5.40. The van der Waals surface area contributed by atoms with Crippen LogP contribution in [-0.2, 0) is 0 Å². The van der Waals surface area contributed by atoms with Crippen LogP contribution in [0.1, 0.15) is 30.9 Å². The van der Waals surface area contributed by atoms with E-state index in [1.807, 2.05) is 13.0 Å². The topological polar surface area (TPSA) is 26.0 Å². The predicted molar refractivity (Wildman–Crippen MR) is 62.8 cm³/mol. The largest absolute Gasteiger partial charge is 0.330 e. The van der Waals surface area contributed by atoms with Gasteiger partial charge in [0.2, 0.25) is 0 Å². The van der Waals surface area contributed by atoms with Crippen LogP contribution in [-0.4, -0.2) is 6.54 Å². The number of benzene rings is 1. The van der Waals surface area contributed by atoms with E-state index >= 15 is 0 Å². The van der Waals surface area contributed by atoms with E-state index < -0.39 is 0 Å². The summed E-state index contributed by atoms with van der Waals surface area (Å²) < 4.78 is 0. The van der Waals surface area contributed by atoms with Crippen LogP contribution in [0.2, 0.25) is 5.02 Å². The Morgan fingerprint density at radius 3 is 2.50 bits per heavy atom. The zero-order valence-corrected chi connectivity index (χ0v) is 9.81. The summed E-state index contributed by atoms with van der Waals surface area (Å²) >= 11 is 6.07. The first-order chi connectivity index (χ1) is 6.56. The third kappa shape index (κ3) is 2.49. The van der Waals surface area contributed by atoms with E-state index in [-0.39, 0.29) is 0 Å². The Morgan fingerprint density at radius 1 is 1.36 bits per heavy atom. The van der Waals surface area contributed by atoms with Crippen LogP contribution in [0.5, 0.6) is 0 Å². The minimum Gasteiger partial charge on any atom is -0.330 e. The molecule has 0 amide bonds. The second-order valence-corrected chi connectivity index (χ2v) is 4.42. The Hall–Kier alpha value is -0.530. The first kappa shape index (κ1) is 11.5. The number of aryl methyl sites for hydroxylation is 1. The highest BCUT2D eigenvalue weighted by atomic mass is 35.5. The van der Waals surface area contributed by atoms with Gasteiger partial charge in [-0.1, -0.05) is 37.6 Å². The monoisotopic (exact) mass is 211 g/mol. The third-order valence-electron chi connectivity index (χ3n) is 2.95. The number of rotatable bonds is 3. The van der Waals surface area contributed by atoms with E-state index in [4.69, 9.17) is 17.3 Å². The van der Waals surface area contributed by atoms with Crippen LogP contribution in [0.4, 0.5) is 0 Å². The molecule has 0 aliphatic heterocycles. The molecule has 0 saturated carbocycles. The highest BCUT2D eigenvalue weighted by Gasteiger charge is 2.13. The van der Waals surface area contributed by atoms with Gasteiger partial charge in [0.05, 0.1) is 0 Å². The summed E-state index contributed by atoms with van der Waals surface area (Å²) in [5.74, 6) is 0.965. The molecule has 14 heavy (non-hydrogen) atoms. The van der Waals surface area contributed by atoms with Crippen molar-refractivity contribution in [3.63, 3.8) is 0 Å². The molecule has 0 aliphatic carbocycles. The van der Waals surface area contributed by atoms with E-state index in [9.17, 15) is 0 Å². The molecule has 0 radical (unpaired) electrons. The van der Waals surface area contributed by atoms with Gasteiger partial charge >= 0.3 is 0 Å². The maximum Gasteiger partial charge on any atom is 0.0438 e. The van der Waals surface area contributed by atoms with Crippen molar-refractivity contribution in [3.8, 4) is 0 Å². The molecule has 78 valence electrons. The van der Waals surface area contributed by atoms with Crippen molar-refractivity contribution in [1.82, 2.24) is 0 Å². The molecule has 1 rings (SSSR count). The molecule has 1 aromatic carbocycles. The molecule has 2 heteroatoms. The molecule has 0 spiro atoms. The zero-order valence-electron chi connectivity index (χ0n) is 9.05. The Morgan fingerprint density at radius 2 is 2.00 bits per heavy atom. The van der Waals surface area contributed by atoms with Gasteiger partial charge in [0.25, 0.3) is 0 Å². The highest BCUT2D eigenvalue weighted by Crippen LogP contribution is 2.27. The molecule has 0 heterocycles. The molecule has 2 N–H and O–H groups in total. The first-order valence-electron chi connectivity index (χ1n) is 5.02. The summed E-state index contributed by atoms with van der Waals surface area (Å²) in [5, 5.41) is 0.846. The van der Waals surface area contributed by atoms with Crippen LogP contribution in [0.15, 0.2) is 18.2 Å². The van der Waals surface area contributed by atoms with E-state index in [0.717, 1.165) is 10.6 Å². The van der Waals surface area contributed by atoms with Crippen LogP contribution in [0.25, 0.3) is 0 Å². The normalized spacial score (nSPS) is 15.2. The Balaban J connectivity index is 2.91. The molecule has 0 saturated heterocycles. The molecule has 0 fully saturated rings. The van der Waals surface area contributed by atoms with Gasteiger partial charge in [-0.05, 0) is 42.5 Å². The molecule has 1 aromatic rings. The summed E-state index contributed by atoms with van der Waals surface area (Å²) in [6, 6.07) is 6.25. The van der Waals surface area contributed by atoms with Gasteiger partial charge in [0.15, 0.2) is 0 Å². The van der Waals surface area contributed by atoms with Crippen molar-refractivity contribution < 1.29 is 0 Å². The lowest BCUT2D eigenvalue weighted by Gasteiger charge is -2.19. The Bertz CT molecular complexity index is 309. The minimum absolute atomic E-state index is 0.470. The predicted octanol–water partition coefficient (Wildman–Crippen LogP) is 3.35. The number of nitrogens with two attached hydrogens (primary N) is 1. The lowest BCUT2D eigenvalue weighted by molar-refractivity contribution is 0.499. The van der Waals surface area contributed by atoms with Gasteiger partial charge in [-0.2, -0.15) is 0 Å². The second kappa shape index (κ2) is 4.81. The van der Waals surface area contributed by atoms with E-state index in [1.54, 1.807) is 0 Å². The fraction of sp³-hybridized carbons (Fsp3) is 0.500. The lowest BCUT2D eigenvalue weighted by Crippen LogP contribution is -2.17. The van der Waals surface area contributed by atoms with Crippen LogP contribution in [0.3, 0.4) is 0 Å². The van der Waals surface area contributed by atoms with Crippen molar-refractivity contribution in [1.29, 1.82) is 0 Å². The Kier molecular flexibility index (Phi) is 3.97. The molecule has 0 aliphatic rings. The molecule has 0 bridgehead atoms. The van der Waals surface area contributed by atoms with Gasteiger partial charge in [-0.15, -0.1) is 0 Å². The van der Waals surface area contributed by atoms with Crippen molar-refractivity contribution in [2.24, 2.45) is 11.7 Å². The highest BCUT2D eigenvalue weighted by molar-refractivity contribution is 6.31. The summed E-state index contributed by atoms with van der Waals surface area (Å²) in [6.45, 7) is 7.09. The van der Waals surface area contributed by atoms with E-state index in [2.05, 4.69) is 26.0 Å². The Labute approximate surface area is 91.3 Å². The maximum absolute atomic E-state index is 6.07. The molecular weight excluding hydrogens is 194 g/mol. The summed E-state index contributed by atoms with van der Waals surface area (Å²) in [5.41, 5.74) is 8.05. The molecule has 2 unspecified atom stereocenters. The molecular formula is C12H18ClN. The summed E-state index contributed by atoms with van der Waals surface area (Å²) in [4.78, 5) is 0. The summed E-state index contributed by atoms with van der Waals surface area (Å²) in [6.07, 6.45) is 0. The van der Waals surface area contributed by atoms with Gasteiger partial charge in [-0.3, -0.25) is 0 Å². The van der Waals surface area contributed by atoms with Gasteiger partial charge in [-0.25, -0.2) is 0 Å². The average molecular weight is 212 g/mol. The number of hydrogen-bond donors (Lipinski definition) is 1. The van der Waals surface area contributed by atoms with Crippen LogP contribution >= 0.6 is 11.6 Å². The van der Waals surface area contributed by atoms with Crippen LogP contribution in [0, 0.1) is 12.8 Å². The third-order valence-corrected chi connectivity index (χ3v) is 3.35. The maximum atomic E-state index is 6.07. The molecule has 1 nitrogen and oxygen atoms in total. The number of hydrogen-bond acceptors (Lipinski definition) is 1. The average Bonchev–Trinajstić information content (AvgIpc) is 2.20. The fourth-order valence-corrected chi connectivity index (χ4v) is 1.61. The second-order valence-electron chi connectivity index (χ2n) is 4.01. The van der Waals surface area contributed by atoms with E-state index in [0.29, 0.717) is 18.4 Å². The SMILES string of the molecule is Cc1ccc(C(C)C(C)CN)cc1Cl. The quantitative estimate of drug-likeness (QED) is 0.816. The number of halogens is 1. The lowest BCUT2D eigenvalue weighted by atomic mass is 9.89. The van der Waals surface area contributed by atoms with Crippen molar-refractivity contribution in [2.45, 2.75) is 26.7 Å². The molecule has 2 atom stereocenters. The van der Waals surface area contributed by atoms with Gasteiger partial charge in [0.1, 0.15) is 0 Å². The fourth-order valence-electron chi connectivity index (χ4n) is 1.42. The van der Waals surface area contributed by atoms with Gasteiger partial charge in [0, 0.05) is 5.02 Å².